The van der Waals surface area contributed by atoms with Gasteiger partial charge >= 0.3 is 0 Å². The number of nitrogens with zero attached hydrogens (tertiary/aromatic N) is 3. The smallest absolute Gasteiger partial charge is 0.183 e. The van der Waals surface area contributed by atoms with Crippen molar-refractivity contribution in [3.8, 4) is 6.19 Å². The van der Waals surface area contributed by atoms with Crippen molar-refractivity contribution >= 4 is 38.1 Å². The molecule has 0 saturated carbocycles. The summed E-state index contributed by atoms with van der Waals surface area (Å²) in [5, 5.41) is 11.7. The van der Waals surface area contributed by atoms with Crippen LogP contribution in [0.25, 0.3) is 0 Å². The van der Waals surface area contributed by atoms with Crippen molar-refractivity contribution in [3.63, 3.8) is 0 Å². The average Bonchev–Trinajstić information content (AvgIpc) is 2.53. The molecule has 1 saturated heterocycles. The number of thioether (sulfide) groups is 1. The van der Waals surface area contributed by atoms with Gasteiger partial charge in [0.1, 0.15) is 0 Å². The van der Waals surface area contributed by atoms with Gasteiger partial charge in [0.15, 0.2) is 21.2 Å². The van der Waals surface area contributed by atoms with E-state index in [4.69, 9.17) is 5.26 Å². The Morgan fingerprint density at radius 3 is 2.83 bits per heavy atom. The van der Waals surface area contributed by atoms with Crippen molar-refractivity contribution in [2.45, 2.75) is 24.7 Å². The number of amidine groups is 1. The number of aliphatic imine (C=N–C) groups is 1. The summed E-state index contributed by atoms with van der Waals surface area (Å²) < 4.78 is 24.3. The van der Waals surface area contributed by atoms with Crippen LogP contribution in [0, 0.1) is 17.4 Å². The van der Waals surface area contributed by atoms with E-state index in [0.29, 0.717) is 27.4 Å². The van der Waals surface area contributed by atoms with Gasteiger partial charge in [0, 0.05) is 19.3 Å². The van der Waals surface area contributed by atoms with Gasteiger partial charge in [-0.25, -0.2) is 13.4 Å². The zero-order chi connectivity index (χ0) is 17.7. The molecule has 2 rings (SSSR count). The molecule has 1 aromatic carbocycles. The van der Waals surface area contributed by atoms with Crippen LogP contribution < -0.4 is 10.2 Å². The molecule has 1 atom stereocenters. The second-order valence-electron chi connectivity index (χ2n) is 5.98. The van der Waals surface area contributed by atoms with Gasteiger partial charge in [-0.2, -0.15) is 5.26 Å². The number of hydrogen-bond acceptors (Lipinski definition) is 6. The van der Waals surface area contributed by atoms with Gasteiger partial charge in [-0.3, -0.25) is 5.32 Å². The Morgan fingerprint density at radius 2 is 2.25 bits per heavy atom. The number of rotatable bonds is 3. The molecule has 24 heavy (non-hydrogen) atoms. The number of nitriles is 1. The van der Waals surface area contributed by atoms with Crippen LogP contribution in [0.1, 0.15) is 19.8 Å². The number of piperidine rings is 1. The van der Waals surface area contributed by atoms with Crippen LogP contribution in [0.2, 0.25) is 0 Å². The normalized spacial score (nSPS) is 19.0. The standard InChI is InChI=1S/C16H22N4O2S2/c1-12-5-4-8-20(10-12)14-9-13(19-16(23-2)18-11-17)6-7-15(14)24(3,21)22/h6-7,9,12H,4-5,8,10H2,1-3H3,(H,18,19). The molecular weight excluding hydrogens is 344 g/mol. The molecule has 1 fully saturated rings. The maximum Gasteiger partial charge on any atom is 0.183 e. The van der Waals surface area contributed by atoms with Crippen LogP contribution >= 0.6 is 11.8 Å². The summed E-state index contributed by atoms with van der Waals surface area (Å²) in [6.07, 6.45) is 7.10. The van der Waals surface area contributed by atoms with Crippen molar-refractivity contribution in [1.82, 2.24) is 5.32 Å². The summed E-state index contributed by atoms with van der Waals surface area (Å²) in [5.41, 5.74) is 1.32. The number of anilines is 1. The molecule has 6 nitrogen and oxygen atoms in total. The van der Waals surface area contributed by atoms with E-state index in [1.807, 2.05) is 12.4 Å². The summed E-state index contributed by atoms with van der Waals surface area (Å²) in [5.74, 6) is 0.528. The van der Waals surface area contributed by atoms with Crippen LogP contribution in [0.4, 0.5) is 11.4 Å². The lowest BCUT2D eigenvalue weighted by molar-refractivity contribution is 0.445. The topological polar surface area (TPSA) is 85.6 Å². The van der Waals surface area contributed by atoms with Crippen molar-refractivity contribution in [3.05, 3.63) is 18.2 Å². The predicted octanol–water partition coefficient (Wildman–Crippen LogP) is 2.75. The molecule has 130 valence electrons. The van der Waals surface area contributed by atoms with Crippen LogP contribution in [-0.4, -0.2) is 39.2 Å². The minimum Gasteiger partial charge on any atom is -0.370 e. The van der Waals surface area contributed by atoms with Crippen LogP contribution in [0.5, 0.6) is 0 Å². The molecule has 0 spiro atoms. The van der Waals surface area contributed by atoms with E-state index in [0.717, 1.165) is 25.9 Å². The van der Waals surface area contributed by atoms with Crippen molar-refractivity contribution in [2.75, 3.05) is 30.5 Å². The third-order valence-corrected chi connectivity index (χ3v) is 5.65. The van der Waals surface area contributed by atoms with E-state index in [9.17, 15) is 8.42 Å². The number of sulfone groups is 1. The molecule has 0 amide bonds. The Hall–Kier alpha value is -1.72. The molecular formula is C16H22N4O2S2. The highest BCUT2D eigenvalue weighted by Gasteiger charge is 2.23. The van der Waals surface area contributed by atoms with Crippen molar-refractivity contribution < 1.29 is 8.42 Å². The Morgan fingerprint density at radius 1 is 1.50 bits per heavy atom. The molecule has 1 heterocycles. The Labute approximate surface area is 147 Å². The molecule has 0 aromatic heterocycles. The first-order valence-electron chi connectivity index (χ1n) is 7.72. The summed E-state index contributed by atoms with van der Waals surface area (Å²) >= 11 is 1.33. The summed E-state index contributed by atoms with van der Waals surface area (Å²) in [6, 6.07) is 5.07. The first-order chi connectivity index (χ1) is 11.3. The molecule has 1 aromatic rings. The Bertz CT molecular complexity index is 769. The largest absolute Gasteiger partial charge is 0.370 e. The highest BCUT2D eigenvalue weighted by atomic mass is 32.2. The second-order valence-corrected chi connectivity index (χ2v) is 8.75. The fraction of sp³-hybridized carbons (Fsp3) is 0.500. The third-order valence-electron chi connectivity index (χ3n) is 3.93. The quantitative estimate of drug-likeness (QED) is 0.383. The summed E-state index contributed by atoms with van der Waals surface area (Å²) in [6.45, 7) is 3.85. The zero-order valence-electron chi connectivity index (χ0n) is 14.1. The van der Waals surface area contributed by atoms with Crippen molar-refractivity contribution in [1.29, 1.82) is 5.26 Å². The molecule has 1 aliphatic rings. The van der Waals surface area contributed by atoms with E-state index < -0.39 is 9.84 Å². The Kier molecular flexibility index (Phi) is 6.13. The second kappa shape index (κ2) is 7.90. The maximum absolute atomic E-state index is 12.1. The van der Waals surface area contributed by atoms with Gasteiger partial charge in [-0.1, -0.05) is 18.7 Å². The van der Waals surface area contributed by atoms with E-state index in [-0.39, 0.29) is 0 Å². The molecule has 0 bridgehead atoms. The van der Waals surface area contributed by atoms with Gasteiger partial charge in [0.2, 0.25) is 0 Å². The molecule has 0 aliphatic carbocycles. The molecule has 1 N–H and O–H groups in total. The lowest BCUT2D eigenvalue weighted by Crippen LogP contribution is -2.35. The molecule has 1 unspecified atom stereocenters. The Balaban J connectivity index is 2.48. The first kappa shape index (κ1) is 18.6. The predicted molar refractivity (Wildman–Crippen MR) is 99.5 cm³/mol. The van der Waals surface area contributed by atoms with E-state index >= 15 is 0 Å². The zero-order valence-corrected chi connectivity index (χ0v) is 15.7. The van der Waals surface area contributed by atoms with Gasteiger partial charge in [-0.15, -0.1) is 0 Å². The molecule has 8 heteroatoms. The number of nitrogens with one attached hydrogen (secondary N) is 1. The third kappa shape index (κ3) is 4.65. The average molecular weight is 367 g/mol. The molecule has 0 radical (unpaired) electrons. The van der Waals surface area contributed by atoms with Crippen LogP contribution in [0.15, 0.2) is 28.1 Å². The number of hydrogen-bond donors (Lipinski definition) is 1. The summed E-state index contributed by atoms with van der Waals surface area (Å²) in [7, 11) is -3.32. The van der Waals surface area contributed by atoms with Gasteiger partial charge in [-0.05, 0) is 43.2 Å². The fourth-order valence-corrected chi connectivity index (χ4v) is 4.06. The van der Waals surface area contributed by atoms with Crippen LogP contribution in [0.3, 0.4) is 0 Å². The van der Waals surface area contributed by atoms with Gasteiger partial charge in [0.05, 0.1) is 16.3 Å². The molecule has 1 aliphatic heterocycles. The van der Waals surface area contributed by atoms with E-state index in [2.05, 4.69) is 22.1 Å². The lowest BCUT2D eigenvalue weighted by atomic mass is 10.00. The van der Waals surface area contributed by atoms with Gasteiger partial charge < -0.3 is 4.90 Å². The first-order valence-corrected chi connectivity index (χ1v) is 10.8. The lowest BCUT2D eigenvalue weighted by Gasteiger charge is -2.34. The SMILES string of the molecule is CSC(=Nc1ccc(S(C)(=O)=O)c(N2CCCC(C)C2)c1)NC#N. The monoisotopic (exact) mass is 366 g/mol. The minimum absolute atomic E-state index is 0.328. The highest BCUT2D eigenvalue weighted by molar-refractivity contribution is 8.13. The minimum atomic E-state index is -3.32. The van der Waals surface area contributed by atoms with Crippen LogP contribution in [-0.2, 0) is 9.84 Å². The van der Waals surface area contributed by atoms with Gasteiger partial charge in [0.25, 0.3) is 0 Å². The van der Waals surface area contributed by atoms with E-state index in [1.54, 1.807) is 18.2 Å². The van der Waals surface area contributed by atoms with Crippen molar-refractivity contribution in [2.24, 2.45) is 10.9 Å². The highest BCUT2D eigenvalue weighted by Crippen LogP contribution is 2.33. The fourth-order valence-electron chi connectivity index (χ4n) is 2.83. The van der Waals surface area contributed by atoms with E-state index in [1.165, 1.54) is 18.0 Å². The maximum atomic E-state index is 12.1. The number of benzene rings is 1. The summed E-state index contributed by atoms with van der Waals surface area (Å²) in [4.78, 5) is 6.84.